The van der Waals surface area contributed by atoms with Crippen molar-refractivity contribution in [3.05, 3.63) is 0 Å². The summed E-state index contributed by atoms with van der Waals surface area (Å²) in [6.07, 6.45) is 0. The fourth-order valence-electron chi connectivity index (χ4n) is 1.69. The summed E-state index contributed by atoms with van der Waals surface area (Å²) in [6.45, 7) is 4.55. The highest BCUT2D eigenvalue weighted by atomic mass is 32.2. The molecular weight excluding hydrogens is 144 g/mol. The molecule has 2 saturated heterocycles. The summed E-state index contributed by atoms with van der Waals surface area (Å²) in [7, 11) is 0. The minimum Gasteiger partial charge on any atom is -0.313 e. The van der Waals surface area contributed by atoms with Crippen molar-refractivity contribution >= 4 is 11.8 Å². The summed E-state index contributed by atoms with van der Waals surface area (Å²) in [5, 5.41) is 7.10. The molecule has 1 atom stereocenters. The van der Waals surface area contributed by atoms with Gasteiger partial charge < -0.3 is 10.6 Å². The zero-order chi connectivity index (χ0) is 7.03. The summed E-state index contributed by atoms with van der Waals surface area (Å²) < 4.78 is 0. The van der Waals surface area contributed by atoms with Gasteiger partial charge in [-0.25, -0.2) is 0 Å². The van der Waals surface area contributed by atoms with E-state index in [9.17, 15) is 0 Å². The molecule has 0 aromatic rings. The van der Waals surface area contributed by atoms with Gasteiger partial charge >= 0.3 is 0 Å². The lowest BCUT2D eigenvalue weighted by Gasteiger charge is -2.47. The molecular formula is C7H14N2S. The van der Waals surface area contributed by atoms with E-state index in [-0.39, 0.29) is 0 Å². The van der Waals surface area contributed by atoms with Gasteiger partial charge in [0, 0.05) is 36.2 Å². The molecule has 0 bridgehead atoms. The quantitative estimate of drug-likeness (QED) is 0.521. The van der Waals surface area contributed by atoms with Crippen LogP contribution in [0.4, 0.5) is 0 Å². The highest BCUT2D eigenvalue weighted by Crippen LogP contribution is 2.30. The molecule has 2 fully saturated rings. The summed E-state index contributed by atoms with van der Waals surface area (Å²) in [6, 6.07) is 0.662. The number of hydrogen-bond acceptors (Lipinski definition) is 3. The third-order valence-corrected chi connectivity index (χ3v) is 3.74. The molecule has 2 rings (SSSR count). The summed E-state index contributed by atoms with van der Waals surface area (Å²) >= 11 is 2.04. The third-order valence-electron chi connectivity index (χ3n) is 2.22. The van der Waals surface area contributed by atoms with Crippen LogP contribution < -0.4 is 10.6 Å². The first kappa shape index (κ1) is 6.95. The number of piperazine rings is 1. The minimum atomic E-state index is 0.475. The SMILES string of the molecule is CC1CNCC2(CSC2)N1. The van der Waals surface area contributed by atoms with E-state index in [2.05, 4.69) is 17.6 Å². The molecule has 1 spiro atoms. The second kappa shape index (κ2) is 2.40. The predicted octanol–water partition coefficient (Wildman–Crippen LogP) is 0.0533. The smallest absolute Gasteiger partial charge is 0.0491 e. The third kappa shape index (κ3) is 1.06. The van der Waals surface area contributed by atoms with Crippen molar-refractivity contribution < 1.29 is 0 Å². The van der Waals surface area contributed by atoms with Crippen LogP contribution in [-0.2, 0) is 0 Å². The average molecular weight is 158 g/mol. The Balaban J connectivity index is 1.96. The molecule has 2 aliphatic heterocycles. The molecule has 2 N–H and O–H groups in total. The standard InChI is InChI=1S/C7H14N2S/c1-6-2-8-3-7(9-6)4-10-5-7/h6,8-9H,2-5H2,1H3. The van der Waals surface area contributed by atoms with E-state index < -0.39 is 0 Å². The lowest BCUT2D eigenvalue weighted by atomic mass is 9.99. The number of thioether (sulfide) groups is 1. The molecule has 3 heteroatoms. The highest BCUT2D eigenvalue weighted by Gasteiger charge is 2.40. The van der Waals surface area contributed by atoms with Crippen LogP contribution in [0.3, 0.4) is 0 Å². The van der Waals surface area contributed by atoms with Gasteiger partial charge in [-0.1, -0.05) is 0 Å². The van der Waals surface area contributed by atoms with E-state index >= 15 is 0 Å². The Morgan fingerprint density at radius 1 is 1.50 bits per heavy atom. The Bertz CT molecular complexity index is 134. The molecule has 0 radical (unpaired) electrons. The van der Waals surface area contributed by atoms with Crippen molar-refractivity contribution in [2.45, 2.75) is 18.5 Å². The summed E-state index contributed by atoms with van der Waals surface area (Å²) in [4.78, 5) is 0. The molecule has 2 nitrogen and oxygen atoms in total. The predicted molar refractivity (Wildman–Crippen MR) is 45.5 cm³/mol. The first-order valence-corrected chi connectivity index (χ1v) is 5.02. The topological polar surface area (TPSA) is 24.1 Å². The van der Waals surface area contributed by atoms with E-state index in [0.29, 0.717) is 11.6 Å². The van der Waals surface area contributed by atoms with Gasteiger partial charge in [0.1, 0.15) is 0 Å². The Morgan fingerprint density at radius 2 is 2.30 bits per heavy atom. The first-order chi connectivity index (χ1) is 4.81. The van der Waals surface area contributed by atoms with Crippen LogP contribution >= 0.6 is 11.8 Å². The van der Waals surface area contributed by atoms with E-state index in [4.69, 9.17) is 0 Å². The van der Waals surface area contributed by atoms with Crippen LogP contribution in [0.1, 0.15) is 6.92 Å². The van der Waals surface area contributed by atoms with Gasteiger partial charge in [0.05, 0.1) is 0 Å². The normalized spacial score (nSPS) is 37.5. The van der Waals surface area contributed by atoms with Gasteiger partial charge in [-0.05, 0) is 6.92 Å². The Labute approximate surface area is 66.1 Å². The van der Waals surface area contributed by atoms with Crippen molar-refractivity contribution in [3.8, 4) is 0 Å². The number of rotatable bonds is 0. The van der Waals surface area contributed by atoms with Crippen LogP contribution in [-0.4, -0.2) is 36.2 Å². The maximum absolute atomic E-state index is 3.65. The molecule has 2 heterocycles. The maximum atomic E-state index is 3.65. The molecule has 1 unspecified atom stereocenters. The lowest BCUT2D eigenvalue weighted by molar-refractivity contribution is 0.271. The van der Waals surface area contributed by atoms with Crippen molar-refractivity contribution in [2.75, 3.05) is 24.6 Å². The first-order valence-electron chi connectivity index (χ1n) is 3.87. The van der Waals surface area contributed by atoms with E-state index in [0.717, 1.165) is 6.54 Å². The van der Waals surface area contributed by atoms with Crippen molar-refractivity contribution in [2.24, 2.45) is 0 Å². The summed E-state index contributed by atoms with van der Waals surface area (Å²) in [5.74, 6) is 2.59. The summed E-state index contributed by atoms with van der Waals surface area (Å²) in [5.41, 5.74) is 0.475. The van der Waals surface area contributed by atoms with Crippen LogP contribution in [0.25, 0.3) is 0 Å². The highest BCUT2D eigenvalue weighted by molar-refractivity contribution is 8.00. The van der Waals surface area contributed by atoms with E-state index in [1.165, 1.54) is 18.1 Å². The Kier molecular flexibility index (Phi) is 1.66. The largest absolute Gasteiger partial charge is 0.313 e. The van der Waals surface area contributed by atoms with Crippen LogP contribution in [0.15, 0.2) is 0 Å². The van der Waals surface area contributed by atoms with Gasteiger partial charge in [-0.15, -0.1) is 0 Å². The lowest BCUT2D eigenvalue weighted by Crippen LogP contribution is -2.69. The van der Waals surface area contributed by atoms with Gasteiger partial charge in [0.15, 0.2) is 0 Å². The second-order valence-electron chi connectivity index (χ2n) is 3.45. The molecule has 0 aromatic carbocycles. The van der Waals surface area contributed by atoms with Crippen LogP contribution in [0.5, 0.6) is 0 Å². The molecule has 0 saturated carbocycles. The molecule has 58 valence electrons. The fraction of sp³-hybridized carbons (Fsp3) is 1.00. The molecule has 2 aliphatic rings. The molecule has 10 heavy (non-hydrogen) atoms. The molecule has 0 amide bonds. The molecule has 0 aliphatic carbocycles. The fourth-order valence-corrected chi connectivity index (χ4v) is 2.75. The maximum Gasteiger partial charge on any atom is 0.0491 e. The Hall–Kier alpha value is 0.270. The van der Waals surface area contributed by atoms with Crippen LogP contribution in [0, 0.1) is 0 Å². The Morgan fingerprint density at radius 3 is 2.70 bits per heavy atom. The molecule has 0 aromatic heterocycles. The van der Waals surface area contributed by atoms with E-state index in [1.54, 1.807) is 0 Å². The minimum absolute atomic E-state index is 0.475. The average Bonchev–Trinajstić information content (AvgIpc) is 1.85. The van der Waals surface area contributed by atoms with Gasteiger partial charge in [-0.2, -0.15) is 11.8 Å². The van der Waals surface area contributed by atoms with Crippen molar-refractivity contribution in [1.82, 2.24) is 10.6 Å². The number of hydrogen-bond donors (Lipinski definition) is 2. The van der Waals surface area contributed by atoms with Gasteiger partial charge in [0.25, 0.3) is 0 Å². The zero-order valence-electron chi connectivity index (χ0n) is 6.31. The van der Waals surface area contributed by atoms with Crippen molar-refractivity contribution in [1.29, 1.82) is 0 Å². The monoisotopic (exact) mass is 158 g/mol. The zero-order valence-corrected chi connectivity index (χ0v) is 7.13. The number of nitrogens with one attached hydrogen (secondary N) is 2. The van der Waals surface area contributed by atoms with Crippen LogP contribution in [0.2, 0.25) is 0 Å². The van der Waals surface area contributed by atoms with Gasteiger partial charge in [0.2, 0.25) is 0 Å². The van der Waals surface area contributed by atoms with E-state index in [1.807, 2.05) is 11.8 Å². The van der Waals surface area contributed by atoms with Crippen molar-refractivity contribution in [3.63, 3.8) is 0 Å². The second-order valence-corrected chi connectivity index (χ2v) is 4.44. The van der Waals surface area contributed by atoms with Gasteiger partial charge in [-0.3, -0.25) is 0 Å².